The van der Waals surface area contributed by atoms with Gasteiger partial charge in [0.05, 0.1) is 0 Å². The SMILES string of the molecule is CC(=O)Cc1cc(Br)c(C)s1. The van der Waals surface area contributed by atoms with Gasteiger partial charge in [0, 0.05) is 20.6 Å². The van der Waals surface area contributed by atoms with Gasteiger partial charge in [-0.2, -0.15) is 0 Å². The zero-order chi connectivity index (χ0) is 8.43. The molecule has 0 radical (unpaired) electrons. The Labute approximate surface area is 78.6 Å². The van der Waals surface area contributed by atoms with Crippen LogP contribution in [0.5, 0.6) is 0 Å². The molecular formula is C8H9BrOS. The number of aryl methyl sites for hydroxylation is 1. The van der Waals surface area contributed by atoms with Crippen LogP contribution in [0.4, 0.5) is 0 Å². The third-order valence-electron chi connectivity index (χ3n) is 1.33. The second-order valence-corrected chi connectivity index (χ2v) is 4.69. The van der Waals surface area contributed by atoms with Crippen LogP contribution in [-0.2, 0) is 11.2 Å². The molecule has 0 aromatic carbocycles. The number of ketones is 1. The van der Waals surface area contributed by atoms with Crippen LogP contribution in [0.3, 0.4) is 0 Å². The van der Waals surface area contributed by atoms with Crippen molar-refractivity contribution >= 4 is 33.0 Å². The largest absolute Gasteiger partial charge is 0.300 e. The molecule has 0 spiro atoms. The Bertz CT molecular complexity index is 258. The average Bonchev–Trinajstić information content (AvgIpc) is 2.10. The van der Waals surface area contributed by atoms with Gasteiger partial charge in [-0.1, -0.05) is 0 Å². The lowest BCUT2D eigenvalue weighted by Crippen LogP contribution is -1.92. The van der Waals surface area contributed by atoms with Crippen LogP contribution >= 0.6 is 27.3 Å². The molecule has 1 nitrogen and oxygen atoms in total. The summed E-state index contributed by atoms with van der Waals surface area (Å²) < 4.78 is 1.11. The van der Waals surface area contributed by atoms with Crippen LogP contribution in [0.15, 0.2) is 10.5 Å². The van der Waals surface area contributed by atoms with E-state index in [1.165, 1.54) is 4.88 Å². The summed E-state index contributed by atoms with van der Waals surface area (Å²) in [4.78, 5) is 13.1. The van der Waals surface area contributed by atoms with E-state index in [0.29, 0.717) is 6.42 Å². The van der Waals surface area contributed by atoms with Gasteiger partial charge in [0.2, 0.25) is 0 Å². The minimum atomic E-state index is 0.221. The summed E-state index contributed by atoms with van der Waals surface area (Å²) in [5, 5.41) is 0. The quantitative estimate of drug-likeness (QED) is 0.767. The van der Waals surface area contributed by atoms with Gasteiger partial charge in [-0.15, -0.1) is 11.3 Å². The van der Waals surface area contributed by atoms with Crippen LogP contribution in [0.2, 0.25) is 0 Å². The Morgan fingerprint density at radius 3 is 2.73 bits per heavy atom. The molecular weight excluding hydrogens is 224 g/mol. The molecule has 0 bridgehead atoms. The van der Waals surface area contributed by atoms with Gasteiger partial charge in [0.15, 0.2) is 0 Å². The van der Waals surface area contributed by atoms with Crippen molar-refractivity contribution < 1.29 is 4.79 Å². The average molecular weight is 233 g/mol. The summed E-state index contributed by atoms with van der Waals surface area (Å²) in [7, 11) is 0. The van der Waals surface area contributed by atoms with E-state index in [1.807, 2.05) is 13.0 Å². The zero-order valence-electron chi connectivity index (χ0n) is 6.48. The maximum absolute atomic E-state index is 10.7. The zero-order valence-corrected chi connectivity index (χ0v) is 8.88. The minimum Gasteiger partial charge on any atom is -0.300 e. The lowest BCUT2D eigenvalue weighted by Gasteiger charge is -1.87. The Kier molecular flexibility index (Phi) is 2.84. The van der Waals surface area contributed by atoms with Gasteiger partial charge in [-0.25, -0.2) is 0 Å². The first kappa shape index (κ1) is 8.94. The van der Waals surface area contributed by atoms with E-state index < -0.39 is 0 Å². The standard InChI is InChI=1S/C8H9BrOS/c1-5(10)3-7-4-8(9)6(2)11-7/h4H,3H2,1-2H3. The Morgan fingerprint density at radius 1 is 1.73 bits per heavy atom. The van der Waals surface area contributed by atoms with E-state index in [0.717, 1.165) is 9.35 Å². The number of Topliss-reactive ketones (excluding diaryl/α,β-unsaturated/α-hetero) is 1. The molecule has 0 aliphatic carbocycles. The van der Waals surface area contributed by atoms with Crippen molar-refractivity contribution in [2.75, 3.05) is 0 Å². The van der Waals surface area contributed by atoms with Crippen molar-refractivity contribution in [2.45, 2.75) is 20.3 Å². The molecule has 0 aliphatic heterocycles. The van der Waals surface area contributed by atoms with Crippen molar-refractivity contribution in [1.82, 2.24) is 0 Å². The second kappa shape index (κ2) is 3.50. The molecule has 1 aromatic heterocycles. The fraction of sp³-hybridized carbons (Fsp3) is 0.375. The monoisotopic (exact) mass is 232 g/mol. The fourth-order valence-electron chi connectivity index (χ4n) is 0.850. The third kappa shape index (κ3) is 2.42. The maximum atomic E-state index is 10.7. The van der Waals surface area contributed by atoms with Crippen molar-refractivity contribution in [1.29, 1.82) is 0 Å². The van der Waals surface area contributed by atoms with Gasteiger partial charge in [0.1, 0.15) is 5.78 Å². The fourth-order valence-corrected chi connectivity index (χ4v) is 2.52. The predicted octanol–water partition coefficient (Wildman–Crippen LogP) is 2.95. The molecule has 3 heteroatoms. The molecule has 0 aliphatic rings. The van der Waals surface area contributed by atoms with Gasteiger partial charge in [0.25, 0.3) is 0 Å². The second-order valence-electron chi connectivity index (χ2n) is 2.50. The van der Waals surface area contributed by atoms with Crippen LogP contribution in [0, 0.1) is 6.92 Å². The summed E-state index contributed by atoms with van der Waals surface area (Å²) >= 11 is 5.08. The number of carbonyl (C=O) groups excluding carboxylic acids is 1. The minimum absolute atomic E-state index is 0.221. The number of halogens is 1. The van der Waals surface area contributed by atoms with Gasteiger partial charge in [-0.3, -0.25) is 4.79 Å². The third-order valence-corrected chi connectivity index (χ3v) is 3.47. The summed E-state index contributed by atoms with van der Waals surface area (Å²) in [6.07, 6.45) is 0.567. The van der Waals surface area contributed by atoms with E-state index in [1.54, 1.807) is 18.3 Å². The highest BCUT2D eigenvalue weighted by Crippen LogP contribution is 2.26. The molecule has 1 heterocycles. The predicted molar refractivity (Wildman–Crippen MR) is 51.1 cm³/mol. The number of thiophene rings is 1. The Hall–Kier alpha value is -0.150. The number of rotatable bonds is 2. The molecule has 1 aromatic rings. The Morgan fingerprint density at radius 2 is 2.36 bits per heavy atom. The normalized spacial score (nSPS) is 10.1. The smallest absolute Gasteiger partial charge is 0.135 e. The molecule has 0 saturated heterocycles. The van der Waals surface area contributed by atoms with E-state index in [9.17, 15) is 4.79 Å². The molecule has 0 saturated carbocycles. The highest BCUT2D eigenvalue weighted by Gasteiger charge is 2.03. The number of hydrogen-bond donors (Lipinski definition) is 0. The van der Waals surface area contributed by atoms with Crippen LogP contribution in [-0.4, -0.2) is 5.78 Å². The van der Waals surface area contributed by atoms with Crippen molar-refractivity contribution in [3.63, 3.8) is 0 Å². The molecule has 0 atom stereocenters. The first-order chi connectivity index (χ1) is 5.09. The summed E-state index contributed by atoms with van der Waals surface area (Å²) in [5.41, 5.74) is 0. The van der Waals surface area contributed by atoms with Crippen LogP contribution < -0.4 is 0 Å². The molecule has 0 amide bonds. The summed E-state index contributed by atoms with van der Waals surface area (Å²) in [6, 6.07) is 2.02. The lowest BCUT2D eigenvalue weighted by molar-refractivity contribution is -0.116. The molecule has 1 rings (SSSR count). The van der Waals surface area contributed by atoms with E-state index >= 15 is 0 Å². The van der Waals surface area contributed by atoms with E-state index in [2.05, 4.69) is 15.9 Å². The van der Waals surface area contributed by atoms with Gasteiger partial charge < -0.3 is 0 Å². The van der Waals surface area contributed by atoms with Crippen molar-refractivity contribution in [2.24, 2.45) is 0 Å². The van der Waals surface area contributed by atoms with E-state index in [4.69, 9.17) is 0 Å². The highest BCUT2D eigenvalue weighted by molar-refractivity contribution is 9.10. The summed E-state index contributed by atoms with van der Waals surface area (Å²) in [6.45, 7) is 3.65. The topological polar surface area (TPSA) is 17.1 Å². The Balaban J connectivity index is 2.81. The first-order valence-electron chi connectivity index (χ1n) is 3.34. The van der Waals surface area contributed by atoms with E-state index in [-0.39, 0.29) is 5.78 Å². The molecule has 0 fully saturated rings. The van der Waals surface area contributed by atoms with Crippen LogP contribution in [0.25, 0.3) is 0 Å². The van der Waals surface area contributed by atoms with Gasteiger partial charge >= 0.3 is 0 Å². The summed E-state index contributed by atoms with van der Waals surface area (Å²) in [5.74, 6) is 0.221. The molecule has 0 N–H and O–H groups in total. The van der Waals surface area contributed by atoms with Crippen molar-refractivity contribution in [3.8, 4) is 0 Å². The van der Waals surface area contributed by atoms with Crippen molar-refractivity contribution in [3.05, 3.63) is 20.3 Å². The first-order valence-corrected chi connectivity index (χ1v) is 4.95. The lowest BCUT2D eigenvalue weighted by atomic mass is 10.3. The van der Waals surface area contributed by atoms with Crippen LogP contribution in [0.1, 0.15) is 16.7 Å². The molecule has 60 valence electrons. The molecule has 11 heavy (non-hydrogen) atoms. The molecule has 0 unspecified atom stereocenters. The highest BCUT2D eigenvalue weighted by atomic mass is 79.9. The van der Waals surface area contributed by atoms with Gasteiger partial charge in [-0.05, 0) is 35.8 Å². The number of carbonyl (C=O) groups is 1. The number of hydrogen-bond acceptors (Lipinski definition) is 2. The maximum Gasteiger partial charge on any atom is 0.135 e.